The van der Waals surface area contributed by atoms with E-state index in [9.17, 15) is 4.79 Å². The number of hydrogen-bond acceptors (Lipinski definition) is 5. The van der Waals surface area contributed by atoms with Crippen LogP contribution in [0.25, 0.3) is 0 Å². The molecule has 1 aromatic rings. The van der Waals surface area contributed by atoms with E-state index in [1.807, 2.05) is 6.26 Å². The number of anilines is 1. The van der Waals surface area contributed by atoms with Gasteiger partial charge in [-0.2, -0.15) is 11.8 Å². The molecule has 0 saturated carbocycles. The average molecular weight is 226 g/mol. The summed E-state index contributed by atoms with van der Waals surface area (Å²) in [5.74, 6) is 6.36. The zero-order valence-electron chi connectivity index (χ0n) is 8.49. The van der Waals surface area contributed by atoms with Gasteiger partial charge in [0.15, 0.2) is 5.82 Å². The number of hydrogen-bond donors (Lipinski definition) is 3. The molecule has 0 aliphatic rings. The lowest BCUT2D eigenvalue weighted by molar-refractivity contribution is 0.0956. The summed E-state index contributed by atoms with van der Waals surface area (Å²) in [6.07, 6.45) is 3.57. The molecule has 0 radical (unpaired) electrons. The summed E-state index contributed by atoms with van der Waals surface area (Å²) in [7, 11) is 0. The molecule has 82 valence electrons. The van der Waals surface area contributed by atoms with E-state index >= 15 is 0 Å². The van der Waals surface area contributed by atoms with Gasteiger partial charge in [0.05, 0.1) is 5.56 Å². The normalized spacial score (nSPS) is 9.73. The molecule has 5 nitrogen and oxygen atoms in total. The number of carbonyl (C=O) groups is 1. The third kappa shape index (κ3) is 3.41. The zero-order valence-corrected chi connectivity index (χ0v) is 9.30. The number of nitrogen functional groups attached to an aromatic ring is 1. The average Bonchev–Trinajstić information content (AvgIpc) is 2.29. The number of amides is 1. The predicted octanol–water partition coefficient (Wildman–Crippen LogP) is 0.460. The first-order valence-electron chi connectivity index (χ1n) is 4.48. The van der Waals surface area contributed by atoms with Gasteiger partial charge >= 0.3 is 0 Å². The minimum absolute atomic E-state index is 0.162. The number of hydrazine groups is 1. The largest absolute Gasteiger partial charge is 0.351 e. The van der Waals surface area contributed by atoms with Crippen LogP contribution < -0.4 is 16.6 Å². The Balaban J connectivity index is 2.64. The lowest BCUT2D eigenvalue weighted by Gasteiger charge is -2.07. The van der Waals surface area contributed by atoms with Gasteiger partial charge in [-0.05, 0) is 18.4 Å². The first kappa shape index (κ1) is 11.8. The van der Waals surface area contributed by atoms with Gasteiger partial charge in [0.2, 0.25) is 0 Å². The molecule has 4 N–H and O–H groups in total. The monoisotopic (exact) mass is 226 g/mol. The van der Waals surface area contributed by atoms with Crippen LogP contribution in [0.2, 0.25) is 0 Å². The molecular weight excluding hydrogens is 212 g/mol. The summed E-state index contributed by atoms with van der Waals surface area (Å²) in [6, 6.07) is 3.38. The fourth-order valence-corrected chi connectivity index (χ4v) is 1.37. The Hall–Kier alpha value is -1.27. The highest BCUT2D eigenvalue weighted by Crippen LogP contribution is 2.09. The summed E-state index contributed by atoms with van der Waals surface area (Å²) in [4.78, 5) is 15.6. The quantitative estimate of drug-likeness (QED) is 0.386. The fraction of sp³-hybridized carbons (Fsp3) is 0.333. The van der Waals surface area contributed by atoms with E-state index in [1.54, 1.807) is 30.1 Å². The molecule has 0 bridgehead atoms. The maximum absolute atomic E-state index is 11.6. The second-order valence-corrected chi connectivity index (χ2v) is 3.78. The summed E-state index contributed by atoms with van der Waals surface area (Å²) < 4.78 is 0. The summed E-state index contributed by atoms with van der Waals surface area (Å²) in [5.41, 5.74) is 2.85. The van der Waals surface area contributed by atoms with Crippen LogP contribution in [0.4, 0.5) is 5.82 Å². The third-order valence-corrected chi connectivity index (χ3v) is 2.39. The number of thioether (sulfide) groups is 1. The van der Waals surface area contributed by atoms with Gasteiger partial charge in [-0.25, -0.2) is 10.8 Å². The van der Waals surface area contributed by atoms with E-state index in [2.05, 4.69) is 15.7 Å². The first-order chi connectivity index (χ1) is 7.29. The Morgan fingerprint density at radius 3 is 3.13 bits per heavy atom. The van der Waals surface area contributed by atoms with Gasteiger partial charge < -0.3 is 10.7 Å². The number of pyridine rings is 1. The highest BCUT2D eigenvalue weighted by atomic mass is 32.2. The van der Waals surface area contributed by atoms with Crippen LogP contribution in [0.15, 0.2) is 18.3 Å². The van der Waals surface area contributed by atoms with E-state index in [-0.39, 0.29) is 5.91 Å². The maximum Gasteiger partial charge on any atom is 0.255 e. The molecule has 6 heteroatoms. The van der Waals surface area contributed by atoms with Gasteiger partial charge in [-0.15, -0.1) is 0 Å². The molecule has 0 fully saturated rings. The topological polar surface area (TPSA) is 80.0 Å². The van der Waals surface area contributed by atoms with E-state index in [4.69, 9.17) is 5.84 Å². The summed E-state index contributed by atoms with van der Waals surface area (Å²) >= 11 is 1.68. The smallest absolute Gasteiger partial charge is 0.255 e. The van der Waals surface area contributed by atoms with E-state index < -0.39 is 0 Å². The molecule has 0 aliphatic carbocycles. The van der Waals surface area contributed by atoms with Crippen LogP contribution in [0.1, 0.15) is 10.4 Å². The van der Waals surface area contributed by atoms with Gasteiger partial charge in [-0.1, -0.05) is 0 Å². The van der Waals surface area contributed by atoms with E-state index in [0.29, 0.717) is 17.9 Å². The third-order valence-electron chi connectivity index (χ3n) is 1.78. The Morgan fingerprint density at radius 2 is 2.47 bits per heavy atom. The number of carbonyl (C=O) groups excluding carboxylic acids is 1. The first-order valence-corrected chi connectivity index (χ1v) is 5.87. The second-order valence-electron chi connectivity index (χ2n) is 2.79. The Morgan fingerprint density at radius 1 is 1.67 bits per heavy atom. The maximum atomic E-state index is 11.6. The molecule has 0 saturated heterocycles. The van der Waals surface area contributed by atoms with Gasteiger partial charge in [0.25, 0.3) is 5.91 Å². The Bertz CT molecular complexity index is 332. The highest BCUT2D eigenvalue weighted by molar-refractivity contribution is 7.98. The van der Waals surface area contributed by atoms with Crippen LogP contribution in [-0.4, -0.2) is 29.4 Å². The SMILES string of the molecule is CSCCNC(=O)c1cccnc1NN. The van der Waals surface area contributed by atoms with Crippen LogP contribution in [0, 0.1) is 0 Å². The van der Waals surface area contributed by atoms with Crippen LogP contribution in [-0.2, 0) is 0 Å². The highest BCUT2D eigenvalue weighted by Gasteiger charge is 2.09. The van der Waals surface area contributed by atoms with Crippen molar-refractivity contribution in [1.29, 1.82) is 0 Å². The summed E-state index contributed by atoms with van der Waals surface area (Å²) in [5, 5.41) is 2.78. The van der Waals surface area contributed by atoms with Crippen LogP contribution in [0.5, 0.6) is 0 Å². The molecule has 0 aromatic carbocycles. The van der Waals surface area contributed by atoms with E-state index in [1.165, 1.54) is 0 Å². The summed E-state index contributed by atoms with van der Waals surface area (Å²) in [6.45, 7) is 0.638. The molecule has 0 spiro atoms. The fourth-order valence-electron chi connectivity index (χ4n) is 1.07. The molecule has 1 rings (SSSR count). The van der Waals surface area contributed by atoms with Crippen molar-refractivity contribution in [1.82, 2.24) is 10.3 Å². The molecule has 0 atom stereocenters. The number of nitrogens with two attached hydrogens (primary N) is 1. The Labute approximate surface area is 92.8 Å². The minimum Gasteiger partial charge on any atom is -0.351 e. The van der Waals surface area contributed by atoms with Crippen molar-refractivity contribution in [2.24, 2.45) is 5.84 Å². The molecule has 0 unspecified atom stereocenters. The van der Waals surface area contributed by atoms with Gasteiger partial charge in [0, 0.05) is 18.5 Å². The Kier molecular flexibility index (Phi) is 4.92. The predicted molar refractivity (Wildman–Crippen MR) is 62.8 cm³/mol. The van der Waals surface area contributed by atoms with Crippen molar-refractivity contribution >= 4 is 23.5 Å². The zero-order chi connectivity index (χ0) is 11.1. The lowest BCUT2D eigenvalue weighted by Crippen LogP contribution is -2.27. The van der Waals surface area contributed by atoms with Crippen molar-refractivity contribution < 1.29 is 4.79 Å². The lowest BCUT2D eigenvalue weighted by atomic mass is 10.2. The second kappa shape index (κ2) is 6.26. The van der Waals surface area contributed by atoms with Crippen molar-refractivity contribution in [3.63, 3.8) is 0 Å². The van der Waals surface area contributed by atoms with Crippen molar-refractivity contribution in [3.8, 4) is 0 Å². The number of rotatable bonds is 5. The molecule has 1 aromatic heterocycles. The molecule has 0 aliphatic heterocycles. The minimum atomic E-state index is -0.162. The number of nitrogens with zero attached hydrogens (tertiary/aromatic N) is 1. The van der Waals surface area contributed by atoms with Gasteiger partial charge in [-0.3, -0.25) is 4.79 Å². The van der Waals surface area contributed by atoms with Crippen LogP contribution >= 0.6 is 11.8 Å². The molecular formula is C9H14N4OS. The molecule has 1 amide bonds. The number of nitrogens with one attached hydrogen (secondary N) is 2. The van der Waals surface area contributed by atoms with Crippen LogP contribution in [0.3, 0.4) is 0 Å². The van der Waals surface area contributed by atoms with Crippen molar-refractivity contribution in [2.45, 2.75) is 0 Å². The number of aromatic nitrogens is 1. The molecule has 1 heterocycles. The van der Waals surface area contributed by atoms with E-state index in [0.717, 1.165) is 5.75 Å². The molecule has 15 heavy (non-hydrogen) atoms. The van der Waals surface area contributed by atoms with Gasteiger partial charge in [0.1, 0.15) is 0 Å². The van der Waals surface area contributed by atoms with Crippen molar-refractivity contribution in [3.05, 3.63) is 23.9 Å². The standard InChI is InChI=1S/C9H14N4OS/c1-15-6-5-12-9(14)7-3-2-4-11-8(7)13-10/h2-4H,5-6,10H2,1H3,(H,11,13)(H,12,14). The van der Waals surface area contributed by atoms with Crippen molar-refractivity contribution in [2.75, 3.05) is 24.0 Å².